The van der Waals surface area contributed by atoms with Crippen LogP contribution in [0.25, 0.3) is 0 Å². The fourth-order valence-corrected chi connectivity index (χ4v) is 3.73. The van der Waals surface area contributed by atoms with E-state index in [0.29, 0.717) is 6.04 Å². The molecule has 2 saturated heterocycles. The molecular weight excluding hydrogens is 278 g/mol. The third-order valence-electron chi connectivity index (χ3n) is 5.03. The average molecular weight is 303 g/mol. The monoisotopic (exact) mass is 303 g/mol. The van der Waals surface area contributed by atoms with Crippen LogP contribution in [-0.2, 0) is 11.3 Å². The van der Waals surface area contributed by atoms with Crippen molar-refractivity contribution in [1.29, 1.82) is 0 Å². The SMILES string of the molecule is O=C(O)[C@@H]1CCCN(C2CCN(Cc3ccncc3)CC2)C1. The van der Waals surface area contributed by atoms with Gasteiger partial charge in [-0.15, -0.1) is 0 Å². The molecule has 0 bridgehead atoms. The second-order valence-corrected chi connectivity index (χ2v) is 6.54. The predicted molar refractivity (Wildman–Crippen MR) is 84.5 cm³/mol. The van der Waals surface area contributed by atoms with Crippen LogP contribution in [-0.4, -0.2) is 58.1 Å². The lowest BCUT2D eigenvalue weighted by molar-refractivity contribution is -0.144. The molecule has 2 fully saturated rings. The molecule has 0 aromatic carbocycles. The Kier molecular flexibility index (Phi) is 5.05. The van der Waals surface area contributed by atoms with Crippen molar-refractivity contribution < 1.29 is 9.90 Å². The highest BCUT2D eigenvalue weighted by Gasteiger charge is 2.31. The van der Waals surface area contributed by atoms with E-state index in [1.54, 1.807) is 0 Å². The van der Waals surface area contributed by atoms with Gasteiger partial charge in [-0.25, -0.2) is 0 Å². The number of hydrogen-bond acceptors (Lipinski definition) is 4. The second-order valence-electron chi connectivity index (χ2n) is 6.54. The first-order valence-electron chi connectivity index (χ1n) is 8.30. The zero-order valence-electron chi connectivity index (χ0n) is 13.0. The zero-order valence-corrected chi connectivity index (χ0v) is 13.0. The number of likely N-dealkylation sites (tertiary alicyclic amines) is 2. The summed E-state index contributed by atoms with van der Waals surface area (Å²) in [6, 6.07) is 4.72. The van der Waals surface area contributed by atoms with Crippen molar-refractivity contribution in [2.24, 2.45) is 5.92 Å². The fourth-order valence-electron chi connectivity index (χ4n) is 3.73. The number of carboxylic acids is 1. The number of pyridine rings is 1. The minimum Gasteiger partial charge on any atom is -0.481 e. The summed E-state index contributed by atoms with van der Waals surface area (Å²) in [5, 5.41) is 9.22. The van der Waals surface area contributed by atoms with Gasteiger partial charge in [0.25, 0.3) is 0 Å². The third kappa shape index (κ3) is 3.84. The van der Waals surface area contributed by atoms with Crippen LogP contribution >= 0.6 is 0 Å². The van der Waals surface area contributed by atoms with E-state index in [-0.39, 0.29) is 5.92 Å². The highest BCUT2D eigenvalue weighted by atomic mass is 16.4. The van der Waals surface area contributed by atoms with Crippen molar-refractivity contribution in [3.05, 3.63) is 30.1 Å². The highest BCUT2D eigenvalue weighted by molar-refractivity contribution is 5.70. The number of nitrogens with zero attached hydrogens (tertiary/aromatic N) is 3. The highest BCUT2D eigenvalue weighted by Crippen LogP contribution is 2.24. The van der Waals surface area contributed by atoms with Gasteiger partial charge in [-0.2, -0.15) is 0 Å². The van der Waals surface area contributed by atoms with E-state index in [0.717, 1.165) is 58.4 Å². The van der Waals surface area contributed by atoms with Gasteiger partial charge in [-0.05, 0) is 63.0 Å². The van der Waals surface area contributed by atoms with Gasteiger partial charge in [0, 0.05) is 31.5 Å². The van der Waals surface area contributed by atoms with Gasteiger partial charge in [0.2, 0.25) is 0 Å². The molecule has 1 atom stereocenters. The van der Waals surface area contributed by atoms with Crippen LogP contribution in [0.4, 0.5) is 0 Å². The molecule has 5 nitrogen and oxygen atoms in total. The number of carboxylic acid groups (broad SMARTS) is 1. The molecule has 0 unspecified atom stereocenters. The Morgan fingerprint density at radius 2 is 1.91 bits per heavy atom. The van der Waals surface area contributed by atoms with Crippen molar-refractivity contribution in [1.82, 2.24) is 14.8 Å². The maximum Gasteiger partial charge on any atom is 0.307 e. The molecular formula is C17H25N3O2. The minimum atomic E-state index is -0.625. The summed E-state index contributed by atoms with van der Waals surface area (Å²) in [5.41, 5.74) is 1.32. The van der Waals surface area contributed by atoms with E-state index in [1.165, 1.54) is 5.56 Å². The van der Waals surface area contributed by atoms with Gasteiger partial charge in [0.1, 0.15) is 0 Å². The number of carbonyl (C=O) groups is 1. The Labute approximate surface area is 131 Å². The molecule has 0 aliphatic carbocycles. The van der Waals surface area contributed by atoms with Gasteiger partial charge in [0.15, 0.2) is 0 Å². The molecule has 3 heterocycles. The van der Waals surface area contributed by atoms with Crippen LogP contribution in [0.2, 0.25) is 0 Å². The first kappa shape index (κ1) is 15.4. The predicted octanol–water partition coefficient (Wildman–Crippen LogP) is 1.84. The summed E-state index contributed by atoms with van der Waals surface area (Å²) in [5.74, 6) is -0.788. The maximum atomic E-state index is 11.2. The molecule has 2 aliphatic rings. The van der Waals surface area contributed by atoms with Crippen LogP contribution in [0, 0.1) is 5.92 Å². The topological polar surface area (TPSA) is 56.7 Å². The van der Waals surface area contributed by atoms with Crippen molar-refractivity contribution >= 4 is 5.97 Å². The summed E-state index contributed by atoms with van der Waals surface area (Å²) >= 11 is 0. The van der Waals surface area contributed by atoms with E-state index in [4.69, 9.17) is 0 Å². The average Bonchev–Trinajstić information content (AvgIpc) is 2.56. The standard InChI is InChI=1S/C17H25N3O2/c21-17(22)15-2-1-9-20(13-15)16-5-10-19(11-6-16)12-14-3-7-18-8-4-14/h3-4,7-8,15-16H,1-2,5-6,9-13H2,(H,21,22)/t15-/m1/s1. The largest absolute Gasteiger partial charge is 0.481 e. The molecule has 120 valence electrons. The second kappa shape index (κ2) is 7.20. The smallest absolute Gasteiger partial charge is 0.307 e. The van der Waals surface area contributed by atoms with Crippen molar-refractivity contribution in [3.8, 4) is 0 Å². The third-order valence-corrected chi connectivity index (χ3v) is 5.03. The van der Waals surface area contributed by atoms with Gasteiger partial charge in [0.05, 0.1) is 5.92 Å². The number of aliphatic carboxylic acids is 1. The van der Waals surface area contributed by atoms with Gasteiger partial charge >= 0.3 is 5.97 Å². The van der Waals surface area contributed by atoms with Crippen LogP contribution in [0.1, 0.15) is 31.2 Å². The quantitative estimate of drug-likeness (QED) is 0.920. The number of piperidine rings is 2. The number of hydrogen-bond donors (Lipinski definition) is 1. The Hall–Kier alpha value is -1.46. The molecule has 0 radical (unpaired) electrons. The summed E-state index contributed by atoms with van der Waals surface area (Å²) in [6.45, 7) is 5.00. The number of rotatable bonds is 4. The first-order valence-corrected chi connectivity index (χ1v) is 8.30. The fraction of sp³-hybridized carbons (Fsp3) is 0.647. The van der Waals surface area contributed by atoms with E-state index < -0.39 is 5.97 Å². The van der Waals surface area contributed by atoms with Crippen LogP contribution in [0.5, 0.6) is 0 Å². The molecule has 1 aromatic rings. The Morgan fingerprint density at radius 3 is 2.59 bits per heavy atom. The minimum absolute atomic E-state index is 0.163. The van der Waals surface area contributed by atoms with E-state index in [1.807, 2.05) is 12.4 Å². The van der Waals surface area contributed by atoms with Crippen LogP contribution in [0.15, 0.2) is 24.5 Å². The van der Waals surface area contributed by atoms with Crippen molar-refractivity contribution in [2.75, 3.05) is 26.2 Å². The van der Waals surface area contributed by atoms with E-state index >= 15 is 0 Å². The zero-order chi connectivity index (χ0) is 15.4. The normalized spacial score (nSPS) is 25.2. The van der Waals surface area contributed by atoms with Crippen molar-refractivity contribution in [2.45, 2.75) is 38.3 Å². The Balaban J connectivity index is 1.48. The first-order chi connectivity index (χ1) is 10.7. The van der Waals surface area contributed by atoms with Gasteiger partial charge in [-0.1, -0.05) is 0 Å². The van der Waals surface area contributed by atoms with E-state index in [9.17, 15) is 9.90 Å². The summed E-state index contributed by atoms with van der Waals surface area (Å²) in [7, 11) is 0. The molecule has 1 aromatic heterocycles. The lowest BCUT2D eigenvalue weighted by Crippen LogP contribution is -2.49. The Bertz CT molecular complexity index is 486. The van der Waals surface area contributed by atoms with Gasteiger partial charge < -0.3 is 5.11 Å². The molecule has 22 heavy (non-hydrogen) atoms. The summed E-state index contributed by atoms with van der Waals surface area (Å²) in [6.07, 6.45) is 7.86. The lowest BCUT2D eigenvalue weighted by Gasteiger charge is -2.41. The molecule has 0 amide bonds. The lowest BCUT2D eigenvalue weighted by atomic mass is 9.94. The summed E-state index contributed by atoms with van der Waals surface area (Å²) < 4.78 is 0. The number of aromatic nitrogens is 1. The molecule has 0 saturated carbocycles. The molecule has 2 aliphatic heterocycles. The Morgan fingerprint density at radius 1 is 1.18 bits per heavy atom. The summed E-state index contributed by atoms with van der Waals surface area (Å²) in [4.78, 5) is 20.2. The molecule has 3 rings (SSSR count). The van der Waals surface area contributed by atoms with Crippen molar-refractivity contribution in [3.63, 3.8) is 0 Å². The van der Waals surface area contributed by atoms with Gasteiger partial charge in [-0.3, -0.25) is 19.6 Å². The molecule has 0 spiro atoms. The molecule has 5 heteroatoms. The maximum absolute atomic E-state index is 11.2. The van der Waals surface area contributed by atoms with Crippen LogP contribution < -0.4 is 0 Å². The van der Waals surface area contributed by atoms with Crippen LogP contribution in [0.3, 0.4) is 0 Å². The molecule has 1 N–H and O–H groups in total. The van der Waals surface area contributed by atoms with E-state index in [2.05, 4.69) is 26.9 Å².